The Kier molecular flexibility index (Phi) is 8.15. The molecule has 3 rings (SSSR count). The molecule has 0 saturated carbocycles. The molecule has 8 nitrogen and oxygen atoms in total. The molecular formula is C22H22F3NO7S. The van der Waals surface area contributed by atoms with Gasteiger partial charge in [-0.2, -0.15) is 21.6 Å². The van der Waals surface area contributed by atoms with Gasteiger partial charge < -0.3 is 13.9 Å². The number of benzene rings is 1. The quantitative estimate of drug-likeness (QED) is 0.306. The lowest BCUT2D eigenvalue weighted by Crippen LogP contribution is -2.11. The Bertz CT molecular complexity index is 1290. The molecule has 12 heteroatoms. The molecule has 3 aromatic rings. The predicted molar refractivity (Wildman–Crippen MR) is 117 cm³/mol. The van der Waals surface area contributed by atoms with Crippen molar-refractivity contribution in [2.45, 2.75) is 31.9 Å². The van der Waals surface area contributed by atoms with Crippen LogP contribution in [0.4, 0.5) is 13.2 Å². The number of aryl methyl sites for hydroxylation is 1. The summed E-state index contributed by atoms with van der Waals surface area (Å²) in [5.74, 6) is -0.149. The van der Waals surface area contributed by atoms with Gasteiger partial charge in [0.2, 0.25) is 11.2 Å². The lowest BCUT2D eigenvalue weighted by molar-refractivity contribution is -0.137. The van der Waals surface area contributed by atoms with Crippen LogP contribution in [0.2, 0.25) is 0 Å². The summed E-state index contributed by atoms with van der Waals surface area (Å²) < 4.78 is 85.4. The second-order valence-corrected chi connectivity index (χ2v) is 8.98. The first-order valence-electron chi connectivity index (χ1n) is 10.3. The van der Waals surface area contributed by atoms with Crippen molar-refractivity contribution in [2.24, 2.45) is 0 Å². The topological polar surface area (TPSA) is 116 Å². The second-order valence-electron chi connectivity index (χ2n) is 7.41. The molecule has 1 N–H and O–H groups in total. The molecule has 0 atom stereocenters. The summed E-state index contributed by atoms with van der Waals surface area (Å²) in [6.45, 7) is 0.502. The number of nitrogens with zero attached hydrogens (tertiary/aromatic N) is 1. The summed E-state index contributed by atoms with van der Waals surface area (Å²) in [6.07, 6.45) is -0.170. The molecule has 0 bridgehead atoms. The van der Waals surface area contributed by atoms with Crippen molar-refractivity contribution in [3.63, 3.8) is 0 Å². The summed E-state index contributed by atoms with van der Waals surface area (Å²) in [6, 6.07) is 5.93. The van der Waals surface area contributed by atoms with E-state index in [0.717, 1.165) is 24.5 Å². The molecule has 0 aliphatic carbocycles. The van der Waals surface area contributed by atoms with Crippen LogP contribution in [0.1, 0.15) is 30.6 Å². The molecule has 0 amide bonds. The van der Waals surface area contributed by atoms with E-state index < -0.39 is 33.0 Å². The van der Waals surface area contributed by atoms with Gasteiger partial charge in [0, 0.05) is 24.1 Å². The maximum Gasteiger partial charge on any atom is 0.416 e. The maximum atomic E-state index is 13.0. The third kappa shape index (κ3) is 7.45. The van der Waals surface area contributed by atoms with Crippen LogP contribution in [0, 0.1) is 0 Å². The first-order valence-corrected chi connectivity index (χ1v) is 11.9. The predicted octanol–water partition coefficient (Wildman–Crippen LogP) is 4.27. The van der Waals surface area contributed by atoms with Gasteiger partial charge in [-0.3, -0.25) is 14.3 Å². The summed E-state index contributed by atoms with van der Waals surface area (Å²) in [5.41, 5.74) is -0.838. The van der Waals surface area contributed by atoms with Gasteiger partial charge in [0.25, 0.3) is 10.1 Å². The highest BCUT2D eigenvalue weighted by atomic mass is 32.2. The van der Waals surface area contributed by atoms with Crippen LogP contribution >= 0.6 is 0 Å². The van der Waals surface area contributed by atoms with Gasteiger partial charge in [0.15, 0.2) is 0 Å². The molecule has 0 radical (unpaired) electrons. The molecule has 0 saturated heterocycles. The molecule has 0 aliphatic heterocycles. The molecule has 2 heterocycles. The lowest BCUT2D eigenvalue weighted by Gasteiger charge is -2.11. The number of hydrogen-bond acceptors (Lipinski definition) is 7. The molecule has 2 aromatic heterocycles. The molecule has 184 valence electrons. The Morgan fingerprint density at radius 3 is 2.35 bits per heavy atom. The van der Waals surface area contributed by atoms with Crippen LogP contribution in [0.15, 0.2) is 52.0 Å². The third-order valence-electron chi connectivity index (χ3n) is 4.79. The summed E-state index contributed by atoms with van der Waals surface area (Å²) in [5, 5.41) is 0.285. The first kappa shape index (κ1) is 25.5. The highest BCUT2D eigenvalue weighted by Crippen LogP contribution is 2.33. The van der Waals surface area contributed by atoms with Gasteiger partial charge in [-0.05, 0) is 43.5 Å². The zero-order chi connectivity index (χ0) is 24.8. The number of pyridine rings is 1. The van der Waals surface area contributed by atoms with Crippen molar-refractivity contribution < 1.29 is 40.0 Å². The Morgan fingerprint density at radius 1 is 1.00 bits per heavy atom. The van der Waals surface area contributed by atoms with E-state index in [1.54, 1.807) is 0 Å². The van der Waals surface area contributed by atoms with E-state index in [2.05, 4.69) is 4.98 Å². The Labute approximate surface area is 193 Å². The Morgan fingerprint density at radius 2 is 1.71 bits per heavy atom. The lowest BCUT2D eigenvalue weighted by atomic mass is 10.1. The van der Waals surface area contributed by atoms with Gasteiger partial charge >= 0.3 is 6.18 Å². The maximum absolute atomic E-state index is 13.0. The van der Waals surface area contributed by atoms with Crippen molar-refractivity contribution in [3.8, 4) is 11.5 Å². The highest BCUT2D eigenvalue weighted by Gasteiger charge is 2.30. The van der Waals surface area contributed by atoms with Crippen LogP contribution in [0.5, 0.6) is 11.5 Å². The van der Waals surface area contributed by atoms with Crippen molar-refractivity contribution >= 4 is 21.0 Å². The third-order valence-corrected chi connectivity index (χ3v) is 5.51. The SMILES string of the molecule is O=c1cc(CCS(=O)(=O)O)occ1OCCCCCOc1ccnc2ccc(C(F)(F)F)cc12. The van der Waals surface area contributed by atoms with E-state index in [9.17, 15) is 26.4 Å². The van der Waals surface area contributed by atoms with Crippen molar-refractivity contribution in [1.29, 1.82) is 0 Å². The largest absolute Gasteiger partial charge is 0.493 e. The van der Waals surface area contributed by atoms with Crippen molar-refractivity contribution in [3.05, 3.63) is 64.3 Å². The normalized spacial score (nSPS) is 12.1. The van der Waals surface area contributed by atoms with E-state index in [4.69, 9.17) is 18.4 Å². The van der Waals surface area contributed by atoms with Crippen LogP contribution in [0.25, 0.3) is 10.9 Å². The van der Waals surface area contributed by atoms with Gasteiger partial charge in [-0.1, -0.05) is 0 Å². The number of unbranched alkanes of at least 4 members (excludes halogenated alkanes) is 2. The van der Waals surface area contributed by atoms with Crippen LogP contribution < -0.4 is 14.9 Å². The minimum absolute atomic E-state index is 0.0180. The standard InChI is InChI=1S/C22H22F3NO7S/c23-22(24,25)15-4-5-18-17(12-15)20(6-8-26-18)31-9-2-1-3-10-32-21-14-33-16(13-19(21)27)7-11-34(28,29)30/h4-6,8,12-14H,1-3,7,9-11H2,(H,28,29,30). The van der Waals surface area contributed by atoms with Gasteiger partial charge in [0.05, 0.1) is 30.0 Å². The summed E-state index contributed by atoms with van der Waals surface area (Å²) in [7, 11) is -4.16. The van der Waals surface area contributed by atoms with Crippen LogP contribution in [0.3, 0.4) is 0 Å². The number of hydrogen-bond donors (Lipinski definition) is 1. The van der Waals surface area contributed by atoms with Gasteiger partial charge in [0.1, 0.15) is 17.8 Å². The van der Waals surface area contributed by atoms with Crippen LogP contribution in [-0.4, -0.2) is 36.9 Å². The van der Waals surface area contributed by atoms with Crippen molar-refractivity contribution in [2.75, 3.05) is 19.0 Å². The fourth-order valence-corrected chi connectivity index (χ4v) is 3.53. The molecular weight excluding hydrogens is 479 g/mol. The van der Waals surface area contributed by atoms with Crippen molar-refractivity contribution in [1.82, 2.24) is 4.98 Å². The molecule has 0 fully saturated rings. The molecule has 1 aromatic carbocycles. The Hall–Kier alpha value is -3.12. The molecule has 34 heavy (non-hydrogen) atoms. The molecule has 0 spiro atoms. The van der Waals surface area contributed by atoms with Gasteiger partial charge in [-0.25, -0.2) is 0 Å². The minimum Gasteiger partial charge on any atom is -0.493 e. The van der Waals surface area contributed by atoms with Crippen LogP contribution in [-0.2, 0) is 22.7 Å². The minimum atomic E-state index is -4.46. The summed E-state index contributed by atoms with van der Waals surface area (Å²) in [4.78, 5) is 16.0. The van der Waals surface area contributed by atoms with E-state index in [1.807, 2.05) is 0 Å². The van der Waals surface area contributed by atoms with E-state index in [0.29, 0.717) is 30.5 Å². The Balaban J connectivity index is 1.43. The molecule has 0 aliphatic rings. The van der Waals surface area contributed by atoms with E-state index >= 15 is 0 Å². The first-order chi connectivity index (χ1) is 16.0. The number of rotatable bonds is 11. The number of fused-ring (bicyclic) bond motifs is 1. The highest BCUT2D eigenvalue weighted by molar-refractivity contribution is 7.85. The monoisotopic (exact) mass is 501 g/mol. The fourth-order valence-electron chi connectivity index (χ4n) is 3.07. The smallest absolute Gasteiger partial charge is 0.416 e. The average Bonchev–Trinajstić information content (AvgIpc) is 2.76. The van der Waals surface area contributed by atoms with E-state index in [1.165, 1.54) is 18.3 Å². The van der Waals surface area contributed by atoms with E-state index in [-0.39, 0.29) is 36.5 Å². The average molecular weight is 501 g/mol. The number of alkyl halides is 3. The van der Waals surface area contributed by atoms with Gasteiger partial charge in [-0.15, -0.1) is 0 Å². The second kappa shape index (κ2) is 10.9. The fraction of sp³-hybridized carbons (Fsp3) is 0.364. The summed E-state index contributed by atoms with van der Waals surface area (Å²) >= 11 is 0. The number of aromatic nitrogens is 1. The molecule has 0 unspecified atom stereocenters. The zero-order valence-corrected chi connectivity index (χ0v) is 18.7. The number of halogens is 3. The zero-order valence-electron chi connectivity index (χ0n) is 17.9. The number of ether oxygens (including phenoxy) is 2.